The highest BCUT2D eigenvalue weighted by molar-refractivity contribution is 6.05. The summed E-state index contributed by atoms with van der Waals surface area (Å²) in [4.78, 5) is 12.0. The Morgan fingerprint density at radius 3 is 2.65 bits per heavy atom. The molecule has 4 nitrogen and oxygen atoms in total. The molecule has 0 spiro atoms. The van der Waals surface area contributed by atoms with Crippen LogP contribution in [0.1, 0.15) is 21.5 Å². The molecule has 100 valence electrons. The zero-order valence-electron chi connectivity index (χ0n) is 10.8. The number of rotatable bonds is 2. The number of amides is 1. The van der Waals surface area contributed by atoms with E-state index < -0.39 is 0 Å². The van der Waals surface area contributed by atoms with Crippen LogP contribution in [-0.2, 0) is 0 Å². The summed E-state index contributed by atoms with van der Waals surface area (Å²) in [5, 5.41) is 11.4. The Morgan fingerprint density at radius 1 is 1.30 bits per heavy atom. The molecule has 0 unspecified atom stereocenters. The number of nitrogens with zero attached hydrogens (tertiary/aromatic N) is 1. The van der Waals surface area contributed by atoms with Crippen molar-refractivity contribution in [2.24, 2.45) is 0 Å². The van der Waals surface area contributed by atoms with Crippen molar-refractivity contribution in [1.29, 1.82) is 5.26 Å². The predicted molar refractivity (Wildman–Crippen MR) is 74.7 cm³/mol. The van der Waals surface area contributed by atoms with Crippen LogP contribution in [0.3, 0.4) is 0 Å². The van der Waals surface area contributed by atoms with E-state index in [1.807, 2.05) is 6.07 Å². The molecule has 1 amide bonds. The molecule has 0 atom stereocenters. The van der Waals surface area contributed by atoms with Gasteiger partial charge in [-0.15, -0.1) is 0 Å². The first-order valence-electron chi connectivity index (χ1n) is 5.88. The number of carbonyl (C=O) groups is 1. The molecule has 0 saturated heterocycles. The average Bonchev–Trinajstić information content (AvgIpc) is 2.43. The summed E-state index contributed by atoms with van der Waals surface area (Å²) in [6, 6.07) is 10.7. The van der Waals surface area contributed by atoms with Gasteiger partial charge in [0.1, 0.15) is 5.82 Å². The van der Waals surface area contributed by atoms with E-state index in [9.17, 15) is 9.18 Å². The van der Waals surface area contributed by atoms with Gasteiger partial charge in [0.05, 0.1) is 23.0 Å². The Morgan fingerprint density at radius 2 is 2.05 bits per heavy atom. The third kappa shape index (κ3) is 2.75. The van der Waals surface area contributed by atoms with Gasteiger partial charge in [-0.05, 0) is 48.9 Å². The predicted octanol–water partition coefficient (Wildman–Crippen LogP) is 2.84. The molecule has 0 radical (unpaired) electrons. The van der Waals surface area contributed by atoms with E-state index in [4.69, 9.17) is 11.0 Å². The van der Waals surface area contributed by atoms with E-state index in [0.29, 0.717) is 28.1 Å². The summed E-state index contributed by atoms with van der Waals surface area (Å²) in [6.45, 7) is 1.59. The molecule has 2 aromatic rings. The van der Waals surface area contributed by atoms with E-state index in [1.54, 1.807) is 19.1 Å². The highest BCUT2D eigenvalue weighted by atomic mass is 19.1. The standard InChI is InChI=1S/C15H12FN3O/c1-9-6-11(3-4-12(9)16)15(20)19-14-5-2-10(8-17)7-13(14)18/h2-7H,18H2,1H3,(H,19,20). The number of nitriles is 1. The van der Waals surface area contributed by atoms with Crippen molar-refractivity contribution in [1.82, 2.24) is 0 Å². The van der Waals surface area contributed by atoms with E-state index in [2.05, 4.69) is 5.32 Å². The summed E-state index contributed by atoms with van der Waals surface area (Å²) < 4.78 is 13.2. The summed E-state index contributed by atoms with van der Waals surface area (Å²) >= 11 is 0. The largest absolute Gasteiger partial charge is 0.397 e. The maximum atomic E-state index is 13.2. The normalized spacial score (nSPS) is 9.85. The van der Waals surface area contributed by atoms with Gasteiger partial charge in [-0.25, -0.2) is 4.39 Å². The molecule has 20 heavy (non-hydrogen) atoms. The molecule has 0 saturated carbocycles. The van der Waals surface area contributed by atoms with E-state index in [1.165, 1.54) is 24.3 Å². The van der Waals surface area contributed by atoms with Gasteiger partial charge in [0.15, 0.2) is 0 Å². The topological polar surface area (TPSA) is 78.9 Å². The minimum absolute atomic E-state index is 0.302. The van der Waals surface area contributed by atoms with Crippen molar-refractivity contribution in [2.45, 2.75) is 6.92 Å². The van der Waals surface area contributed by atoms with E-state index in [0.717, 1.165) is 0 Å². The van der Waals surface area contributed by atoms with Gasteiger partial charge in [-0.2, -0.15) is 5.26 Å². The number of halogens is 1. The van der Waals surface area contributed by atoms with Crippen LogP contribution < -0.4 is 11.1 Å². The van der Waals surface area contributed by atoms with Crippen molar-refractivity contribution in [3.8, 4) is 6.07 Å². The van der Waals surface area contributed by atoms with Crippen LogP contribution in [0.15, 0.2) is 36.4 Å². The minimum atomic E-state index is -0.385. The molecule has 2 rings (SSSR count). The van der Waals surface area contributed by atoms with Crippen LogP contribution in [0.5, 0.6) is 0 Å². The van der Waals surface area contributed by atoms with Gasteiger partial charge in [0.2, 0.25) is 0 Å². The third-order valence-corrected chi connectivity index (χ3v) is 2.85. The molecule has 0 aliphatic rings. The van der Waals surface area contributed by atoms with Crippen LogP contribution >= 0.6 is 0 Å². The van der Waals surface area contributed by atoms with Gasteiger partial charge in [-0.3, -0.25) is 4.79 Å². The minimum Gasteiger partial charge on any atom is -0.397 e. The lowest BCUT2D eigenvalue weighted by molar-refractivity contribution is 0.102. The fourth-order valence-electron chi connectivity index (χ4n) is 1.73. The Hall–Kier alpha value is -2.87. The van der Waals surface area contributed by atoms with Gasteiger partial charge >= 0.3 is 0 Å². The fraction of sp³-hybridized carbons (Fsp3) is 0.0667. The molecule has 0 bridgehead atoms. The Bertz CT molecular complexity index is 720. The average molecular weight is 269 g/mol. The number of anilines is 2. The first-order valence-corrected chi connectivity index (χ1v) is 5.88. The van der Waals surface area contributed by atoms with Crippen LogP contribution in [0.2, 0.25) is 0 Å². The second-order valence-corrected chi connectivity index (χ2v) is 4.33. The number of carbonyl (C=O) groups excluding carboxylic acids is 1. The molecule has 3 N–H and O–H groups in total. The fourth-order valence-corrected chi connectivity index (χ4v) is 1.73. The molecular formula is C15H12FN3O. The van der Waals surface area contributed by atoms with Crippen molar-refractivity contribution in [3.63, 3.8) is 0 Å². The third-order valence-electron chi connectivity index (χ3n) is 2.85. The second-order valence-electron chi connectivity index (χ2n) is 4.33. The molecular weight excluding hydrogens is 257 g/mol. The van der Waals surface area contributed by atoms with Crippen LogP contribution in [0, 0.1) is 24.1 Å². The smallest absolute Gasteiger partial charge is 0.255 e. The zero-order chi connectivity index (χ0) is 14.7. The molecule has 2 aromatic carbocycles. The SMILES string of the molecule is Cc1cc(C(=O)Nc2ccc(C#N)cc2N)ccc1F. The monoisotopic (exact) mass is 269 g/mol. The number of nitrogens with two attached hydrogens (primary N) is 1. The van der Waals surface area contributed by atoms with E-state index in [-0.39, 0.29) is 11.7 Å². The number of nitrogens with one attached hydrogen (secondary N) is 1. The van der Waals surface area contributed by atoms with Gasteiger partial charge in [0, 0.05) is 5.56 Å². The highest BCUT2D eigenvalue weighted by Gasteiger charge is 2.10. The number of aryl methyl sites for hydroxylation is 1. The Labute approximate surface area is 115 Å². The number of nitrogen functional groups attached to an aromatic ring is 1. The Kier molecular flexibility index (Phi) is 3.67. The molecule has 0 fully saturated rings. The van der Waals surface area contributed by atoms with Gasteiger partial charge in [-0.1, -0.05) is 0 Å². The maximum Gasteiger partial charge on any atom is 0.255 e. The van der Waals surface area contributed by atoms with Crippen molar-refractivity contribution in [3.05, 3.63) is 58.9 Å². The van der Waals surface area contributed by atoms with Crippen LogP contribution in [-0.4, -0.2) is 5.91 Å². The lowest BCUT2D eigenvalue weighted by Gasteiger charge is -2.09. The summed E-state index contributed by atoms with van der Waals surface area (Å²) in [5.41, 5.74) is 7.62. The van der Waals surface area contributed by atoms with Crippen LogP contribution in [0.25, 0.3) is 0 Å². The number of hydrogen-bond acceptors (Lipinski definition) is 3. The lowest BCUT2D eigenvalue weighted by Crippen LogP contribution is -2.13. The molecule has 0 aliphatic carbocycles. The van der Waals surface area contributed by atoms with Crippen LogP contribution in [0.4, 0.5) is 15.8 Å². The summed E-state index contributed by atoms with van der Waals surface area (Å²) in [7, 11) is 0. The Balaban J connectivity index is 2.23. The molecule has 0 aliphatic heterocycles. The second kappa shape index (κ2) is 5.41. The highest BCUT2D eigenvalue weighted by Crippen LogP contribution is 2.20. The maximum absolute atomic E-state index is 13.2. The lowest BCUT2D eigenvalue weighted by atomic mass is 10.1. The molecule has 5 heteroatoms. The summed E-state index contributed by atoms with van der Waals surface area (Å²) in [5.74, 6) is -0.746. The first kappa shape index (κ1) is 13.6. The van der Waals surface area contributed by atoms with Crippen molar-refractivity contribution < 1.29 is 9.18 Å². The summed E-state index contributed by atoms with van der Waals surface area (Å²) in [6.07, 6.45) is 0. The van der Waals surface area contributed by atoms with Crippen molar-refractivity contribution >= 4 is 17.3 Å². The quantitative estimate of drug-likeness (QED) is 0.823. The number of hydrogen-bond donors (Lipinski definition) is 2. The van der Waals surface area contributed by atoms with Gasteiger partial charge in [0.25, 0.3) is 5.91 Å². The van der Waals surface area contributed by atoms with Crippen molar-refractivity contribution in [2.75, 3.05) is 11.1 Å². The first-order chi connectivity index (χ1) is 9.51. The molecule has 0 heterocycles. The van der Waals surface area contributed by atoms with Gasteiger partial charge < -0.3 is 11.1 Å². The number of benzene rings is 2. The molecule has 0 aromatic heterocycles. The van der Waals surface area contributed by atoms with E-state index >= 15 is 0 Å². The zero-order valence-corrected chi connectivity index (χ0v) is 10.8.